The number of nitrogens with one attached hydrogen (secondary N) is 1. The van der Waals surface area contributed by atoms with Crippen molar-refractivity contribution in [1.29, 1.82) is 0 Å². The molecule has 5 heteroatoms. The van der Waals surface area contributed by atoms with Crippen molar-refractivity contribution in [2.75, 3.05) is 20.3 Å². The number of aryl methyl sites for hydroxylation is 1. The first-order chi connectivity index (χ1) is 9.72. The molecule has 2 heterocycles. The fourth-order valence-corrected chi connectivity index (χ4v) is 2.48. The Balaban J connectivity index is 1.85. The van der Waals surface area contributed by atoms with Crippen molar-refractivity contribution in [2.24, 2.45) is 0 Å². The zero-order valence-electron chi connectivity index (χ0n) is 12.7. The van der Waals surface area contributed by atoms with E-state index < -0.39 is 0 Å². The van der Waals surface area contributed by atoms with Crippen LogP contribution in [0.1, 0.15) is 29.8 Å². The van der Waals surface area contributed by atoms with Crippen LogP contribution in [0, 0.1) is 13.8 Å². The fourth-order valence-electron chi connectivity index (χ4n) is 2.48. The van der Waals surface area contributed by atoms with E-state index in [1.807, 2.05) is 10.9 Å². The van der Waals surface area contributed by atoms with Crippen LogP contribution >= 0.6 is 0 Å². The summed E-state index contributed by atoms with van der Waals surface area (Å²) >= 11 is 0. The van der Waals surface area contributed by atoms with Gasteiger partial charge in [-0.3, -0.25) is 4.68 Å². The molecule has 0 bridgehead atoms. The van der Waals surface area contributed by atoms with Crippen molar-refractivity contribution in [3.63, 3.8) is 0 Å². The molecule has 0 saturated carbocycles. The van der Waals surface area contributed by atoms with Crippen LogP contribution in [-0.4, -0.2) is 36.1 Å². The van der Waals surface area contributed by atoms with E-state index in [2.05, 4.69) is 30.3 Å². The minimum atomic E-state index is 0.296. The van der Waals surface area contributed by atoms with Crippen LogP contribution in [0.3, 0.4) is 0 Å². The van der Waals surface area contributed by atoms with Gasteiger partial charge in [0, 0.05) is 31.5 Å². The highest BCUT2D eigenvalue weighted by Gasteiger charge is 2.13. The molecule has 1 aliphatic rings. The van der Waals surface area contributed by atoms with E-state index in [9.17, 15) is 0 Å². The first kappa shape index (κ1) is 15.1. The van der Waals surface area contributed by atoms with E-state index in [1.54, 1.807) is 7.11 Å². The SMILES string of the molecule is COCCn1nc(C)c(CNC[C@H]2CCC=CO2)c1C. The van der Waals surface area contributed by atoms with E-state index in [-0.39, 0.29) is 0 Å². The highest BCUT2D eigenvalue weighted by molar-refractivity contribution is 5.24. The molecule has 0 unspecified atom stereocenters. The maximum absolute atomic E-state index is 5.55. The van der Waals surface area contributed by atoms with Crippen molar-refractivity contribution in [3.8, 4) is 0 Å². The second-order valence-electron chi connectivity index (χ2n) is 5.20. The summed E-state index contributed by atoms with van der Waals surface area (Å²) in [7, 11) is 1.72. The van der Waals surface area contributed by atoms with Crippen molar-refractivity contribution in [1.82, 2.24) is 15.1 Å². The molecule has 0 amide bonds. The number of ether oxygens (including phenoxy) is 2. The molecule has 0 spiro atoms. The minimum absolute atomic E-state index is 0.296. The van der Waals surface area contributed by atoms with Crippen LogP contribution in [-0.2, 0) is 22.6 Å². The first-order valence-electron chi connectivity index (χ1n) is 7.25. The van der Waals surface area contributed by atoms with Gasteiger partial charge < -0.3 is 14.8 Å². The highest BCUT2D eigenvalue weighted by Crippen LogP contribution is 2.14. The van der Waals surface area contributed by atoms with Crippen LogP contribution in [0.25, 0.3) is 0 Å². The molecule has 1 atom stereocenters. The monoisotopic (exact) mass is 279 g/mol. The van der Waals surface area contributed by atoms with Gasteiger partial charge in [0.1, 0.15) is 6.10 Å². The van der Waals surface area contributed by atoms with Crippen LogP contribution < -0.4 is 5.32 Å². The Morgan fingerprint density at radius 1 is 1.50 bits per heavy atom. The standard InChI is InChI=1S/C15H25N3O2/c1-12-15(13(2)18(17-12)7-9-19-3)11-16-10-14-6-4-5-8-20-14/h5,8,14,16H,4,6-7,9-11H2,1-3H3/t14-/m1/s1. The van der Waals surface area contributed by atoms with E-state index in [1.165, 1.54) is 11.3 Å². The van der Waals surface area contributed by atoms with Crippen LogP contribution in [0.2, 0.25) is 0 Å². The third kappa shape index (κ3) is 3.84. The second-order valence-corrected chi connectivity index (χ2v) is 5.20. The zero-order valence-corrected chi connectivity index (χ0v) is 12.7. The Bertz CT molecular complexity index is 454. The van der Waals surface area contributed by atoms with E-state index in [4.69, 9.17) is 9.47 Å². The molecule has 0 radical (unpaired) electrons. The number of hydrogen-bond acceptors (Lipinski definition) is 4. The van der Waals surface area contributed by atoms with Crippen molar-refractivity contribution < 1.29 is 9.47 Å². The number of aromatic nitrogens is 2. The molecule has 0 saturated heterocycles. The molecule has 5 nitrogen and oxygen atoms in total. The number of allylic oxidation sites excluding steroid dienone is 1. The summed E-state index contributed by atoms with van der Waals surface area (Å²) in [6.07, 6.45) is 6.39. The zero-order chi connectivity index (χ0) is 14.4. The molecule has 1 aliphatic heterocycles. The molecule has 0 aliphatic carbocycles. The predicted molar refractivity (Wildman–Crippen MR) is 78.5 cm³/mol. The maximum atomic E-state index is 5.55. The lowest BCUT2D eigenvalue weighted by Gasteiger charge is -2.19. The molecular weight excluding hydrogens is 254 g/mol. The van der Waals surface area contributed by atoms with Gasteiger partial charge in [0.15, 0.2) is 0 Å². The van der Waals surface area contributed by atoms with Gasteiger partial charge in [0.05, 0.1) is 25.1 Å². The molecule has 1 aromatic rings. The van der Waals surface area contributed by atoms with Gasteiger partial charge in [-0.2, -0.15) is 5.10 Å². The molecule has 1 N–H and O–H groups in total. The van der Waals surface area contributed by atoms with E-state index in [0.717, 1.165) is 38.2 Å². The first-order valence-corrected chi connectivity index (χ1v) is 7.25. The Kier molecular flexibility index (Phi) is 5.61. The summed E-state index contributed by atoms with van der Waals surface area (Å²) in [5, 5.41) is 8.05. The normalized spacial score (nSPS) is 18.2. The summed E-state index contributed by atoms with van der Waals surface area (Å²) < 4.78 is 12.7. The molecule has 20 heavy (non-hydrogen) atoms. The summed E-state index contributed by atoms with van der Waals surface area (Å²) in [6.45, 7) is 7.40. The Labute approximate surface area is 120 Å². The van der Waals surface area contributed by atoms with E-state index >= 15 is 0 Å². The van der Waals surface area contributed by atoms with Gasteiger partial charge in [-0.05, 0) is 32.8 Å². The fraction of sp³-hybridized carbons (Fsp3) is 0.667. The van der Waals surface area contributed by atoms with Gasteiger partial charge in [-0.25, -0.2) is 0 Å². The van der Waals surface area contributed by atoms with Crippen molar-refractivity contribution in [2.45, 2.75) is 45.9 Å². The molecule has 2 rings (SSSR count). The quantitative estimate of drug-likeness (QED) is 0.828. The third-order valence-electron chi connectivity index (χ3n) is 3.73. The summed E-state index contributed by atoms with van der Waals surface area (Å²) in [5.41, 5.74) is 3.60. The van der Waals surface area contributed by atoms with Crippen LogP contribution in [0.4, 0.5) is 0 Å². The third-order valence-corrected chi connectivity index (χ3v) is 3.73. The summed E-state index contributed by atoms with van der Waals surface area (Å²) in [4.78, 5) is 0. The lowest BCUT2D eigenvalue weighted by Crippen LogP contribution is -2.29. The largest absolute Gasteiger partial charge is 0.497 e. The second kappa shape index (κ2) is 7.45. The number of rotatable bonds is 7. The molecule has 1 aromatic heterocycles. The van der Waals surface area contributed by atoms with Gasteiger partial charge >= 0.3 is 0 Å². The Morgan fingerprint density at radius 2 is 2.35 bits per heavy atom. The average Bonchev–Trinajstić information content (AvgIpc) is 2.73. The van der Waals surface area contributed by atoms with E-state index in [0.29, 0.717) is 12.7 Å². The van der Waals surface area contributed by atoms with Gasteiger partial charge in [-0.15, -0.1) is 0 Å². The molecular formula is C15H25N3O2. The van der Waals surface area contributed by atoms with Crippen LogP contribution in [0.5, 0.6) is 0 Å². The van der Waals surface area contributed by atoms with Crippen molar-refractivity contribution >= 4 is 0 Å². The smallest absolute Gasteiger partial charge is 0.110 e. The Hall–Kier alpha value is -1.33. The van der Waals surface area contributed by atoms with Crippen molar-refractivity contribution in [3.05, 3.63) is 29.3 Å². The average molecular weight is 279 g/mol. The number of nitrogens with zero attached hydrogens (tertiary/aromatic N) is 2. The Morgan fingerprint density at radius 3 is 3.05 bits per heavy atom. The summed E-state index contributed by atoms with van der Waals surface area (Å²) in [6, 6.07) is 0. The lowest BCUT2D eigenvalue weighted by atomic mass is 10.1. The maximum Gasteiger partial charge on any atom is 0.110 e. The highest BCUT2D eigenvalue weighted by atomic mass is 16.5. The number of methoxy groups -OCH3 is 1. The topological polar surface area (TPSA) is 48.3 Å². The van der Waals surface area contributed by atoms with Gasteiger partial charge in [-0.1, -0.05) is 0 Å². The minimum Gasteiger partial charge on any atom is -0.497 e. The molecule has 0 fully saturated rings. The molecule has 0 aromatic carbocycles. The van der Waals surface area contributed by atoms with Gasteiger partial charge in [0.25, 0.3) is 0 Å². The predicted octanol–water partition coefficient (Wildman–Crippen LogP) is 1.93. The lowest BCUT2D eigenvalue weighted by molar-refractivity contribution is 0.122. The summed E-state index contributed by atoms with van der Waals surface area (Å²) in [5.74, 6) is 0. The van der Waals surface area contributed by atoms with Crippen LogP contribution in [0.15, 0.2) is 12.3 Å². The number of hydrogen-bond donors (Lipinski definition) is 1. The van der Waals surface area contributed by atoms with Gasteiger partial charge in [0.2, 0.25) is 0 Å². The molecule has 112 valence electrons.